The number of carbonyl (C=O) groups is 1. The SMILES string of the molecule is CC(NCC1CCCC(Cc2ccc(C(=O)NCCN3CCOCC3)cc2)C1)c1cccc2ccccc12. The van der Waals surface area contributed by atoms with Crippen LogP contribution in [0.5, 0.6) is 0 Å². The molecule has 3 atom stereocenters. The average Bonchev–Trinajstić information content (AvgIpc) is 2.97. The smallest absolute Gasteiger partial charge is 0.251 e. The molecule has 1 amide bonds. The maximum Gasteiger partial charge on any atom is 0.251 e. The quantitative estimate of drug-likeness (QED) is 0.371. The van der Waals surface area contributed by atoms with Gasteiger partial charge in [-0.15, -0.1) is 0 Å². The molecule has 1 saturated heterocycles. The second-order valence-electron chi connectivity index (χ2n) is 11.2. The summed E-state index contributed by atoms with van der Waals surface area (Å²) < 4.78 is 5.39. The number of rotatable bonds is 10. The fourth-order valence-corrected chi connectivity index (χ4v) is 6.23. The van der Waals surface area contributed by atoms with E-state index < -0.39 is 0 Å². The number of ether oxygens (including phenoxy) is 1. The van der Waals surface area contributed by atoms with Crippen molar-refractivity contribution in [3.8, 4) is 0 Å². The highest BCUT2D eigenvalue weighted by atomic mass is 16.5. The summed E-state index contributed by atoms with van der Waals surface area (Å²) in [5.74, 6) is 1.47. The number of fused-ring (bicyclic) bond motifs is 1. The van der Waals surface area contributed by atoms with E-state index in [0.717, 1.165) is 63.2 Å². The van der Waals surface area contributed by atoms with Crippen LogP contribution < -0.4 is 10.6 Å². The molecule has 5 nitrogen and oxygen atoms in total. The zero-order valence-electron chi connectivity index (χ0n) is 22.8. The lowest BCUT2D eigenvalue weighted by Gasteiger charge is -2.30. The van der Waals surface area contributed by atoms with Crippen molar-refractivity contribution < 1.29 is 9.53 Å². The van der Waals surface area contributed by atoms with Gasteiger partial charge in [-0.3, -0.25) is 9.69 Å². The second kappa shape index (κ2) is 13.4. The molecule has 1 aliphatic carbocycles. The monoisotopic (exact) mass is 513 g/mol. The van der Waals surface area contributed by atoms with Crippen molar-refractivity contribution in [1.29, 1.82) is 0 Å². The van der Waals surface area contributed by atoms with Gasteiger partial charge >= 0.3 is 0 Å². The molecule has 1 aliphatic heterocycles. The number of morpholine rings is 1. The van der Waals surface area contributed by atoms with Gasteiger partial charge in [0.2, 0.25) is 0 Å². The molecule has 2 fully saturated rings. The van der Waals surface area contributed by atoms with Crippen LogP contribution in [0.4, 0.5) is 0 Å². The highest BCUT2D eigenvalue weighted by Gasteiger charge is 2.23. The van der Waals surface area contributed by atoms with Crippen molar-refractivity contribution in [2.75, 3.05) is 45.9 Å². The van der Waals surface area contributed by atoms with E-state index in [4.69, 9.17) is 4.74 Å². The fourth-order valence-electron chi connectivity index (χ4n) is 6.23. The third-order valence-electron chi connectivity index (χ3n) is 8.45. The molecule has 0 bridgehead atoms. The van der Waals surface area contributed by atoms with E-state index in [0.29, 0.717) is 12.6 Å². The van der Waals surface area contributed by atoms with Crippen molar-refractivity contribution in [3.05, 3.63) is 83.4 Å². The zero-order chi connectivity index (χ0) is 26.2. The van der Waals surface area contributed by atoms with Crippen molar-refractivity contribution >= 4 is 16.7 Å². The number of hydrogen-bond donors (Lipinski definition) is 2. The highest BCUT2D eigenvalue weighted by Crippen LogP contribution is 2.32. The molecular formula is C33H43N3O2. The first-order valence-corrected chi connectivity index (χ1v) is 14.5. The van der Waals surface area contributed by atoms with E-state index in [9.17, 15) is 4.79 Å². The Balaban J connectivity index is 1.07. The molecule has 202 valence electrons. The van der Waals surface area contributed by atoms with Crippen LogP contribution in [0.25, 0.3) is 10.8 Å². The van der Waals surface area contributed by atoms with E-state index in [1.807, 2.05) is 12.1 Å². The van der Waals surface area contributed by atoms with Gasteiger partial charge in [-0.1, -0.05) is 67.4 Å². The average molecular weight is 514 g/mol. The number of hydrogen-bond acceptors (Lipinski definition) is 4. The molecule has 5 heteroatoms. The van der Waals surface area contributed by atoms with Crippen LogP contribution in [0.15, 0.2) is 66.7 Å². The normalized spacial score (nSPS) is 21.3. The molecule has 0 aromatic heterocycles. The van der Waals surface area contributed by atoms with Crippen LogP contribution in [0.2, 0.25) is 0 Å². The Bertz CT molecular complexity index is 1170. The molecule has 3 unspecified atom stereocenters. The number of benzene rings is 3. The van der Waals surface area contributed by atoms with Crippen LogP contribution in [0, 0.1) is 11.8 Å². The van der Waals surface area contributed by atoms with Gasteiger partial charge in [-0.25, -0.2) is 0 Å². The molecule has 38 heavy (non-hydrogen) atoms. The summed E-state index contributed by atoms with van der Waals surface area (Å²) in [6.45, 7) is 8.41. The predicted molar refractivity (Wildman–Crippen MR) is 156 cm³/mol. The summed E-state index contributed by atoms with van der Waals surface area (Å²) in [5, 5.41) is 9.58. The van der Waals surface area contributed by atoms with E-state index >= 15 is 0 Å². The minimum atomic E-state index is 0.0222. The lowest BCUT2D eigenvalue weighted by molar-refractivity contribution is 0.0383. The Morgan fingerprint density at radius 2 is 1.74 bits per heavy atom. The first-order chi connectivity index (χ1) is 18.7. The minimum absolute atomic E-state index is 0.0222. The summed E-state index contributed by atoms with van der Waals surface area (Å²) in [5.41, 5.74) is 3.49. The number of nitrogens with one attached hydrogen (secondary N) is 2. The molecule has 1 heterocycles. The van der Waals surface area contributed by atoms with Gasteiger partial charge < -0.3 is 15.4 Å². The Hall–Kier alpha value is -2.73. The van der Waals surface area contributed by atoms with Crippen molar-refractivity contribution in [2.45, 2.75) is 45.1 Å². The van der Waals surface area contributed by atoms with Crippen molar-refractivity contribution in [2.24, 2.45) is 11.8 Å². The number of amides is 1. The Morgan fingerprint density at radius 3 is 2.58 bits per heavy atom. The van der Waals surface area contributed by atoms with Crippen LogP contribution >= 0.6 is 0 Å². The van der Waals surface area contributed by atoms with Crippen LogP contribution in [0.1, 0.15) is 60.1 Å². The fraction of sp³-hybridized carbons (Fsp3) is 0.485. The van der Waals surface area contributed by atoms with Crippen molar-refractivity contribution in [1.82, 2.24) is 15.5 Å². The van der Waals surface area contributed by atoms with Gasteiger partial charge in [-0.2, -0.15) is 0 Å². The van der Waals surface area contributed by atoms with Crippen LogP contribution in [-0.4, -0.2) is 56.7 Å². The number of nitrogens with zero attached hydrogens (tertiary/aromatic N) is 1. The van der Waals surface area contributed by atoms with Crippen molar-refractivity contribution in [3.63, 3.8) is 0 Å². The Kier molecular flexibility index (Phi) is 9.45. The first-order valence-electron chi connectivity index (χ1n) is 14.5. The molecule has 5 rings (SSSR count). The summed E-state index contributed by atoms with van der Waals surface area (Å²) in [6.07, 6.45) is 6.31. The molecule has 2 aliphatic rings. The molecule has 3 aromatic rings. The van der Waals surface area contributed by atoms with E-state index in [1.54, 1.807) is 0 Å². The zero-order valence-corrected chi connectivity index (χ0v) is 22.8. The molecule has 2 N–H and O–H groups in total. The van der Waals surface area contributed by atoms with Gasteiger partial charge in [0.1, 0.15) is 0 Å². The van der Waals surface area contributed by atoms with Crippen LogP contribution in [-0.2, 0) is 11.2 Å². The lowest BCUT2D eigenvalue weighted by Crippen LogP contribution is -2.41. The first kappa shape index (κ1) is 26.9. The van der Waals surface area contributed by atoms with Gasteiger partial charge in [0.15, 0.2) is 0 Å². The number of carbonyl (C=O) groups excluding carboxylic acids is 1. The standard InChI is InChI=1S/C33H43N3O2/c1-25(31-11-5-9-29-8-2-3-10-32(29)31)35-24-28-7-4-6-27(23-28)22-26-12-14-30(15-13-26)33(37)34-16-17-36-18-20-38-21-19-36/h2-3,5,8-15,25,27-28,35H,4,6-7,16-24H2,1H3,(H,34,37). The largest absolute Gasteiger partial charge is 0.379 e. The summed E-state index contributed by atoms with van der Waals surface area (Å²) in [4.78, 5) is 14.9. The molecule has 0 spiro atoms. The van der Waals surface area contributed by atoms with Gasteiger partial charge in [-0.05, 0) is 78.6 Å². The third-order valence-corrected chi connectivity index (χ3v) is 8.45. The highest BCUT2D eigenvalue weighted by molar-refractivity contribution is 5.94. The Labute approximate surface area is 227 Å². The summed E-state index contributed by atoms with van der Waals surface area (Å²) in [7, 11) is 0. The maximum atomic E-state index is 12.6. The van der Waals surface area contributed by atoms with E-state index in [2.05, 4.69) is 77.1 Å². The molecular weight excluding hydrogens is 470 g/mol. The summed E-state index contributed by atoms with van der Waals surface area (Å²) in [6, 6.07) is 24.0. The lowest BCUT2D eigenvalue weighted by atomic mass is 9.78. The second-order valence-corrected chi connectivity index (χ2v) is 11.2. The van der Waals surface area contributed by atoms with Gasteiger partial charge in [0.05, 0.1) is 13.2 Å². The third kappa shape index (κ3) is 7.22. The predicted octanol–water partition coefficient (Wildman–Crippen LogP) is 5.60. The topological polar surface area (TPSA) is 53.6 Å². The van der Waals surface area contributed by atoms with E-state index in [1.165, 1.54) is 47.6 Å². The summed E-state index contributed by atoms with van der Waals surface area (Å²) >= 11 is 0. The molecule has 0 radical (unpaired) electrons. The Morgan fingerprint density at radius 1 is 0.974 bits per heavy atom. The molecule has 3 aromatic carbocycles. The molecule has 1 saturated carbocycles. The minimum Gasteiger partial charge on any atom is -0.379 e. The van der Waals surface area contributed by atoms with Gasteiger partial charge in [0, 0.05) is 37.8 Å². The maximum absolute atomic E-state index is 12.6. The van der Waals surface area contributed by atoms with Crippen LogP contribution in [0.3, 0.4) is 0 Å². The van der Waals surface area contributed by atoms with Gasteiger partial charge in [0.25, 0.3) is 5.91 Å². The van der Waals surface area contributed by atoms with E-state index in [-0.39, 0.29) is 5.91 Å².